The van der Waals surface area contributed by atoms with Crippen molar-refractivity contribution in [2.45, 2.75) is 13.3 Å². The summed E-state index contributed by atoms with van der Waals surface area (Å²) in [6.45, 7) is 2.92. The van der Waals surface area contributed by atoms with Gasteiger partial charge in [0.25, 0.3) is 0 Å². The molecule has 0 saturated carbocycles. The van der Waals surface area contributed by atoms with Gasteiger partial charge in [-0.05, 0) is 29.0 Å². The third-order valence-electron chi connectivity index (χ3n) is 0.470. The number of halogens is 1. The van der Waals surface area contributed by atoms with Gasteiger partial charge >= 0.3 is 0 Å². The molecule has 0 unspecified atom stereocenters. The van der Waals surface area contributed by atoms with Gasteiger partial charge in [0, 0.05) is 4.08 Å². The monoisotopic (exact) mass is 212 g/mol. The van der Waals surface area contributed by atoms with E-state index in [-0.39, 0.29) is 0 Å². The molecule has 0 N–H and O–H groups in total. The van der Waals surface area contributed by atoms with Gasteiger partial charge in [-0.25, -0.2) is 0 Å². The molecule has 0 aromatic heterocycles. The number of hydrogen-bond donors (Lipinski definition) is 0. The fraction of sp³-hybridized carbons (Fsp3) is 0.600. The molecule has 0 saturated heterocycles. The van der Waals surface area contributed by atoms with Gasteiger partial charge in [0.15, 0.2) is 0 Å². The SMILES string of the molecule is CCCOC=CI. The van der Waals surface area contributed by atoms with Crippen LogP contribution in [-0.4, -0.2) is 6.61 Å². The fourth-order valence-corrected chi connectivity index (χ4v) is 0.430. The lowest BCUT2D eigenvalue weighted by molar-refractivity contribution is 0.251. The van der Waals surface area contributed by atoms with E-state index in [1.54, 1.807) is 6.26 Å². The summed E-state index contributed by atoms with van der Waals surface area (Å²) in [7, 11) is 0. The van der Waals surface area contributed by atoms with E-state index in [4.69, 9.17) is 4.74 Å². The van der Waals surface area contributed by atoms with E-state index in [9.17, 15) is 0 Å². The molecule has 1 nitrogen and oxygen atoms in total. The molecule has 0 amide bonds. The van der Waals surface area contributed by atoms with Crippen LogP contribution in [-0.2, 0) is 4.74 Å². The molecule has 42 valence electrons. The Balaban J connectivity index is 2.69. The Morgan fingerprint density at radius 1 is 1.71 bits per heavy atom. The molecule has 7 heavy (non-hydrogen) atoms. The van der Waals surface area contributed by atoms with Crippen molar-refractivity contribution in [3.8, 4) is 0 Å². The number of ether oxygens (including phenoxy) is 1. The van der Waals surface area contributed by atoms with Crippen LogP contribution in [0.2, 0.25) is 0 Å². The van der Waals surface area contributed by atoms with Crippen molar-refractivity contribution >= 4 is 22.6 Å². The minimum absolute atomic E-state index is 0.833. The first kappa shape index (κ1) is 7.27. The Hall–Kier alpha value is 0.270. The van der Waals surface area contributed by atoms with Gasteiger partial charge < -0.3 is 4.74 Å². The van der Waals surface area contributed by atoms with Crippen LogP contribution in [0.1, 0.15) is 13.3 Å². The zero-order chi connectivity index (χ0) is 5.54. The molecular formula is C5H9IO. The highest BCUT2D eigenvalue weighted by Crippen LogP contribution is 1.86. The summed E-state index contributed by atoms with van der Waals surface area (Å²) in [5.41, 5.74) is 0. The minimum atomic E-state index is 0.833. The van der Waals surface area contributed by atoms with Crippen molar-refractivity contribution in [2.75, 3.05) is 6.61 Å². The van der Waals surface area contributed by atoms with E-state index in [0.717, 1.165) is 13.0 Å². The quantitative estimate of drug-likeness (QED) is 0.396. The molecular weight excluding hydrogens is 203 g/mol. The van der Waals surface area contributed by atoms with Crippen molar-refractivity contribution in [3.05, 3.63) is 10.3 Å². The van der Waals surface area contributed by atoms with Crippen LogP contribution in [0.25, 0.3) is 0 Å². The van der Waals surface area contributed by atoms with E-state index in [1.807, 2.05) is 4.08 Å². The average molecular weight is 212 g/mol. The molecule has 0 bridgehead atoms. The first-order valence-electron chi connectivity index (χ1n) is 2.28. The van der Waals surface area contributed by atoms with Gasteiger partial charge in [0.2, 0.25) is 0 Å². The highest BCUT2D eigenvalue weighted by molar-refractivity contribution is 14.1. The molecule has 0 aliphatic carbocycles. The van der Waals surface area contributed by atoms with Gasteiger partial charge in [-0.15, -0.1) is 0 Å². The Kier molecular flexibility index (Phi) is 6.51. The summed E-state index contributed by atoms with van der Waals surface area (Å²) >= 11 is 2.12. The van der Waals surface area contributed by atoms with Gasteiger partial charge in [-0.3, -0.25) is 0 Å². The van der Waals surface area contributed by atoms with Gasteiger partial charge in [-0.2, -0.15) is 0 Å². The van der Waals surface area contributed by atoms with Gasteiger partial charge in [0.05, 0.1) is 12.9 Å². The lowest BCUT2D eigenvalue weighted by Crippen LogP contribution is -1.80. The second-order valence-corrected chi connectivity index (χ2v) is 1.85. The van der Waals surface area contributed by atoms with E-state index in [2.05, 4.69) is 29.5 Å². The molecule has 0 fully saturated rings. The lowest BCUT2D eigenvalue weighted by Gasteiger charge is -1.91. The summed E-state index contributed by atoms with van der Waals surface area (Å²) < 4.78 is 6.80. The maximum atomic E-state index is 4.94. The third-order valence-corrected chi connectivity index (χ3v) is 0.763. The Morgan fingerprint density at radius 3 is 2.86 bits per heavy atom. The molecule has 2 heteroatoms. The normalized spacial score (nSPS) is 10.0. The zero-order valence-corrected chi connectivity index (χ0v) is 6.51. The Morgan fingerprint density at radius 2 is 2.43 bits per heavy atom. The molecule has 0 radical (unpaired) electrons. The molecule has 0 heterocycles. The summed E-state index contributed by atoms with van der Waals surface area (Å²) in [6.07, 6.45) is 2.78. The second kappa shape index (κ2) is 6.27. The zero-order valence-electron chi connectivity index (χ0n) is 4.36. The topological polar surface area (TPSA) is 9.23 Å². The minimum Gasteiger partial charge on any atom is -0.501 e. The first-order valence-corrected chi connectivity index (χ1v) is 3.53. The number of hydrogen-bond acceptors (Lipinski definition) is 1. The molecule has 0 rings (SSSR count). The van der Waals surface area contributed by atoms with E-state index >= 15 is 0 Å². The highest BCUT2D eigenvalue weighted by atomic mass is 127. The van der Waals surface area contributed by atoms with Crippen LogP contribution in [0.5, 0.6) is 0 Å². The van der Waals surface area contributed by atoms with Crippen LogP contribution >= 0.6 is 22.6 Å². The molecule has 0 aromatic carbocycles. The van der Waals surface area contributed by atoms with E-state index in [0.29, 0.717) is 0 Å². The largest absolute Gasteiger partial charge is 0.501 e. The highest BCUT2D eigenvalue weighted by Gasteiger charge is 1.70. The second-order valence-electron chi connectivity index (χ2n) is 1.13. The average Bonchev–Trinajstić information content (AvgIpc) is 1.69. The van der Waals surface area contributed by atoms with Crippen molar-refractivity contribution in [1.82, 2.24) is 0 Å². The lowest BCUT2D eigenvalue weighted by atomic mass is 10.5. The van der Waals surface area contributed by atoms with Crippen molar-refractivity contribution in [2.24, 2.45) is 0 Å². The smallest absolute Gasteiger partial charge is 0.0889 e. The molecule has 0 atom stereocenters. The van der Waals surface area contributed by atoms with Crippen molar-refractivity contribution < 1.29 is 4.74 Å². The molecule has 0 aliphatic heterocycles. The molecule has 0 spiro atoms. The summed E-state index contributed by atoms with van der Waals surface area (Å²) in [4.78, 5) is 0. The van der Waals surface area contributed by atoms with E-state index in [1.165, 1.54) is 0 Å². The summed E-state index contributed by atoms with van der Waals surface area (Å²) in [5, 5.41) is 0. The van der Waals surface area contributed by atoms with Crippen LogP contribution < -0.4 is 0 Å². The standard InChI is InChI=1S/C5H9IO/c1-2-4-7-5-3-6/h3,5H,2,4H2,1H3. The Bertz CT molecular complexity index is 52.0. The van der Waals surface area contributed by atoms with Crippen molar-refractivity contribution in [1.29, 1.82) is 0 Å². The van der Waals surface area contributed by atoms with Gasteiger partial charge in [-0.1, -0.05) is 6.92 Å². The van der Waals surface area contributed by atoms with Crippen LogP contribution in [0.3, 0.4) is 0 Å². The molecule has 0 aliphatic rings. The third kappa shape index (κ3) is 6.27. The van der Waals surface area contributed by atoms with Crippen molar-refractivity contribution in [3.63, 3.8) is 0 Å². The fourth-order valence-electron chi connectivity index (χ4n) is 0.222. The van der Waals surface area contributed by atoms with Crippen LogP contribution in [0.4, 0.5) is 0 Å². The maximum Gasteiger partial charge on any atom is 0.0889 e. The number of rotatable bonds is 3. The first-order chi connectivity index (χ1) is 3.41. The van der Waals surface area contributed by atoms with Crippen LogP contribution in [0, 0.1) is 0 Å². The predicted molar refractivity (Wildman–Crippen MR) is 39.4 cm³/mol. The van der Waals surface area contributed by atoms with Crippen LogP contribution in [0.15, 0.2) is 10.3 Å². The van der Waals surface area contributed by atoms with E-state index < -0.39 is 0 Å². The van der Waals surface area contributed by atoms with Gasteiger partial charge in [0.1, 0.15) is 0 Å². The molecule has 0 aromatic rings. The summed E-state index contributed by atoms with van der Waals surface area (Å²) in [5.74, 6) is 0. The Labute approximate surface area is 57.9 Å². The summed E-state index contributed by atoms with van der Waals surface area (Å²) in [6, 6.07) is 0. The maximum absolute atomic E-state index is 4.94. The predicted octanol–water partition coefficient (Wildman–Crippen LogP) is 2.32.